The van der Waals surface area contributed by atoms with Crippen LogP contribution in [0.3, 0.4) is 0 Å². The topological polar surface area (TPSA) is 55.4 Å². The molecule has 3 rings (SSSR count). The Labute approximate surface area is 156 Å². The van der Waals surface area contributed by atoms with Gasteiger partial charge in [0, 0.05) is 9.90 Å². The summed E-state index contributed by atoms with van der Waals surface area (Å²) in [6, 6.07) is 7.27. The van der Waals surface area contributed by atoms with Crippen LogP contribution in [0.5, 0.6) is 0 Å². The number of halogens is 1. The van der Waals surface area contributed by atoms with Crippen LogP contribution in [0.4, 0.5) is 5.00 Å². The summed E-state index contributed by atoms with van der Waals surface area (Å²) in [4.78, 5) is 26.1. The van der Waals surface area contributed by atoms with E-state index in [-0.39, 0.29) is 18.3 Å². The molecule has 0 saturated carbocycles. The summed E-state index contributed by atoms with van der Waals surface area (Å²) < 4.78 is 5.21. The van der Waals surface area contributed by atoms with Gasteiger partial charge in [-0.3, -0.25) is 4.79 Å². The third-order valence-electron chi connectivity index (χ3n) is 4.21. The zero-order valence-electron chi connectivity index (χ0n) is 14.1. The monoisotopic (exact) mass is 377 g/mol. The van der Waals surface area contributed by atoms with E-state index in [4.69, 9.17) is 16.3 Å². The number of anilines is 1. The van der Waals surface area contributed by atoms with Crippen molar-refractivity contribution in [2.24, 2.45) is 0 Å². The Morgan fingerprint density at radius 2 is 2.00 bits per heavy atom. The molecule has 1 heterocycles. The van der Waals surface area contributed by atoms with Crippen LogP contribution in [0.1, 0.15) is 46.1 Å². The van der Waals surface area contributed by atoms with Crippen molar-refractivity contribution < 1.29 is 14.3 Å². The fraction of sp³-hybridized carbons (Fsp3) is 0.368. The summed E-state index contributed by atoms with van der Waals surface area (Å²) >= 11 is 7.62. The van der Waals surface area contributed by atoms with Crippen molar-refractivity contribution in [3.8, 4) is 0 Å². The lowest BCUT2D eigenvalue weighted by Crippen LogP contribution is -2.17. The van der Waals surface area contributed by atoms with Crippen LogP contribution in [0.15, 0.2) is 24.3 Å². The second-order valence-electron chi connectivity index (χ2n) is 5.95. The molecular weight excluding hydrogens is 358 g/mol. The third-order valence-corrected chi connectivity index (χ3v) is 5.79. The number of aryl methyl sites for hydroxylation is 1. The molecule has 0 spiro atoms. The molecule has 0 aliphatic heterocycles. The molecule has 0 unspecified atom stereocenters. The molecule has 0 fully saturated rings. The summed E-state index contributed by atoms with van der Waals surface area (Å²) in [5, 5.41) is 4.07. The molecule has 6 heteroatoms. The molecule has 0 bridgehead atoms. The molecule has 0 saturated heterocycles. The van der Waals surface area contributed by atoms with Gasteiger partial charge in [0.1, 0.15) is 5.00 Å². The Morgan fingerprint density at radius 3 is 2.76 bits per heavy atom. The standard InChI is InChI=1S/C19H20ClNO3S/c1-2-24-19(23)17-13-8-4-6-10-15(13)25-18(17)21-16(22)11-12-7-3-5-9-14(12)20/h3,5,7,9H,2,4,6,8,10-11H2,1H3,(H,21,22). The third kappa shape index (κ3) is 4.05. The molecule has 1 aromatic heterocycles. The molecule has 1 aromatic carbocycles. The number of ether oxygens (including phenoxy) is 1. The number of benzene rings is 1. The van der Waals surface area contributed by atoms with Crippen LogP contribution in [-0.4, -0.2) is 18.5 Å². The lowest BCUT2D eigenvalue weighted by Gasteiger charge is -2.12. The van der Waals surface area contributed by atoms with Crippen molar-refractivity contribution >= 4 is 39.8 Å². The molecule has 1 amide bonds. The number of fused-ring (bicyclic) bond motifs is 1. The van der Waals surface area contributed by atoms with E-state index in [1.165, 1.54) is 16.2 Å². The number of carbonyl (C=O) groups excluding carboxylic acids is 2. The maximum absolute atomic E-state index is 12.5. The molecule has 2 aromatic rings. The van der Waals surface area contributed by atoms with Gasteiger partial charge in [-0.1, -0.05) is 29.8 Å². The Balaban J connectivity index is 1.84. The van der Waals surface area contributed by atoms with Gasteiger partial charge in [0.05, 0.1) is 18.6 Å². The number of rotatable bonds is 5. The lowest BCUT2D eigenvalue weighted by molar-refractivity contribution is -0.115. The average Bonchev–Trinajstić information content (AvgIpc) is 2.95. The smallest absolute Gasteiger partial charge is 0.341 e. The molecule has 4 nitrogen and oxygen atoms in total. The maximum Gasteiger partial charge on any atom is 0.341 e. The number of hydrogen-bond donors (Lipinski definition) is 1. The quantitative estimate of drug-likeness (QED) is 0.772. The van der Waals surface area contributed by atoms with Gasteiger partial charge in [-0.2, -0.15) is 0 Å². The van der Waals surface area contributed by atoms with Gasteiger partial charge in [-0.05, 0) is 49.8 Å². The number of amides is 1. The van der Waals surface area contributed by atoms with Crippen molar-refractivity contribution in [2.75, 3.05) is 11.9 Å². The van der Waals surface area contributed by atoms with Crippen molar-refractivity contribution in [1.29, 1.82) is 0 Å². The Morgan fingerprint density at radius 1 is 1.24 bits per heavy atom. The van der Waals surface area contributed by atoms with Gasteiger partial charge < -0.3 is 10.1 Å². The minimum absolute atomic E-state index is 0.171. The van der Waals surface area contributed by atoms with Crippen molar-refractivity contribution in [3.63, 3.8) is 0 Å². The Bertz CT molecular complexity index is 800. The van der Waals surface area contributed by atoms with Crippen LogP contribution < -0.4 is 5.32 Å². The summed E-state index contributed by atoms with van der Waals surface area (Å²) in [5.41, 5.74) is 2.34. The van der Waals surface area contributed by atoms with Gasteiger partial charge >= 0.3 is 5.97 Å². The molecule has 0 radical (unpaired) electrons. The van der Waals surface area contributed by atoms with Crippen molar-refractivity contribution in [1.82, 2.24) is 0 Å². The highest BCUT2D eigenvalue weighted by atomic mass is 35.5. The Hall–Kier alpha value is -1.85. The van der Waals surface area contributed by atoms with Crippen LogP contribution in [0.2, 0.25) is 5.02 Å². The van der Waals surface area contributed by atoms with E-state index >= 15 is 0 Å². The maximum atomic E-state index is 12.5. The first-order valence-electron chi connectivity index (χ1n) is 8.45. The summed E-state index contributed by atoms with van der Waals surface area (Å²) in [6.45, 7) is 2.10. The molecule has 1 aliphatic carbocycles. The van der Waals surface area contributed by atoms with E-state index in [0.717, 1.165) is 36.8 Å². The van der Waals surface area contributed by atoms with Crippen molar-refractivity contribution in [3.05, 3.63) is 50.9 Å². The lowest BCUT2D eigenvalue weighted by atomic mass is 9.95. The van der Waals surface area contributed by atoms with Crippen LogP contribution in [0.25, 0.3) is 0 Å². The van der Waals surface area contributed by atoms with Gasteiger partial charge in [0.2, 0.25) is 5.91 Å². The van der Waals surface area contributed by atoms with Gasteiger partial charge in [-0.15, -0.1) is 11.3 Å². The van der Waals surface area contributed by atoms with Gasteiger partial charge in [-0.25, -0.2) is 4.79 Å². The Kier molecular flexibility index (Phi) is 5.76. The van der Waals surface area contributed by atoms with Gasteiger partial charge in [0.25, 0.3) is 0 Å². The van der Waals surface area contributed by atoms with E-state index in [2.05, 4.69) is 5.32 Å². The fourth-order valence-corrected chi connectivity index (χ4v) is 4.55. The summed E-state index contributed by atoms with van der Waals surface area (Å²) in [5.74, 6) is -0.535. The van der Waals surface area contributed by atoms with E-state index < -0.39 is 0 Å². The van der Waals surface area contributed by atoms with Crippen LogP contribution >= 0.6 is 22.9 Å². The molecule has 1 aliphatic rings. The molecular formula is C19H20ClNO3S. The first kappa shape index (κ1) is 18.0. The molecule has 0 atom stereocenters. The number of carbonyl (C=O) groups is 2. The number of nitrogens with one attached hydrogen (secondary N) is 1. The predicted octanol–water partition coefficient (Wildman–Crippen LogP) is 4.64. The average molecular weight is 378 g/mol. The van der Waals surface area contributed by atoms with Crippen LogP contribution in [-0.2, 0) is 28.8 Å². The van der Waals surface area contributed by atoms with E-state index in [1.54, 1.807) is 13.0 Å². The molecule has 132 valence electrons. The van der Waals surface area contributed by atoms with Crippen molar-refractivity contribution in [2.45, 2.75) is 39.0 Å². The fourth-order valence-electron chi connectivity index (χ4n) is 3.06. The molecule has 25 heavy (non-hydrogen) atoms. The predicted molar refractivity (Wildman–Crippen MR) is 101 cm³/mol. The minimum atomic E-state index is -0.352. The minimum Gasteiger partial charge on any atom is -0.462 e. The zero-order chi connectivity index (χ0) is 17.8. The largest absolute Gasteiger partial charge is 0.462 e. The SMILES string of the molecule is CCOC(=O)c1c(NC(=O)Cc2ccccc2Cl)sc2c1CCCC2. The second kappa shape index (κ2) is 8.02. The van der Waals surface area contributed by atoms with Gasteiger partial charge in [0.15, 0.2) is 0 Å². The first-order valence-corrected chi connectivity index (χ1v) is 9.64. The number of thiophene rings is 1. The second-order valence-corrected chi connectivity index (χ2v) is 7.46. The zero-order valence-corrected chi connectivity index (χ0v) is 15.6. The highest BCUT2D eigenvalue weighted by molar-refractivity contribution is 7.17. The number of esters is 1. The summed E-state index contributed by atoms with van der Waals surface area (Å²) in [7, 11) is 0. The highest BCUT2D eigenvalue weighted by Crippen LogP contribution is 2.38. The summed E-state index contributed by atoms with van der Waals surface area (Å²) in [6.07, 6.45) is 4.16. The van der Waals surface area contributed by atoms with E-state index in [1.807, 2.05) is 18.2 Å². The number of hydrogen-bond acceptors (Lipinski definition) is 4. The first-order chi connectivity index (χ1) is 12.1. The molecule has 1 N–H and O–H groups in total. The highest BCUT2D eigenvalue weighted by Gasteiger charge is 2.27. The van der Waals surface area contributed by atoms with Crippen LogP contribution in [0, 0.1) is 0 Å². The normalized spacial score (nSPS) is 13.2. The van der Waals surface area contributed by atoms with E-state index in [0.29, 0.717) is 22.2 Å². The van der Waals surface area contributed by atoms with E-state index in [9.17, 15) is 9.59 Å².